The molecule has 1 amide bonds. The summed E-state index contributed by atoms with van der Waals surface area (Å²) in [6.45, 7) is 3.51. The van der Waals surface area contributed by atoms with Crippen molar-refractivity contribution in [3.8, 4) is 5.75 Å². The molecule has 4 rings (SSSR count). The molecule has 1 unspecified atom stereocenters. The van der Waals surface area contributed by atoms with Gasteiger partial charge < -0.3 is 18.8 Å². The van der Waals surface area contributed by atoms with Gasteiger partial charge in [-0.25, -0.2) is 4.98 Å². The van der Waals surface area contributed by atoms with Gasteiger partial charge in [0.25, 0.3) is 5.91 Å². The molecule has 3 aromatic rings. The maximum Gasteiger partial charge on any atom is 0.255 e. The number of rotatable bonds is 8. The normalized spacial score (nSPS) is 14.1. The summed E-state index contributed by atoms with van der Waals surface area (Å²) in [7, 11) is 0. The molecule has 0 fully saturated rings. The lowest BCUT2D eigenvalue weighted by Gasteiger charge is -2.25. The summed E-state index contributed by atoms with van der Waals surface area (Å²) in [6.07, 6.45) is 4.43. The van der Waals surface area contributed by atoms with Crippen molar-refractivity contribution in [3.63, 3.8) is 0 Å². The molecule has 30 heavy (non-hydrogen) atoms. The number of amides is 1. The molecule has 7 heteroatoms. The minimum Gasteiger partial charge on any atom is -0.487 e. The molecule has 0 aliphatic carbocycles. The number of carbonyl (C=O) groups excluding carboxylic acids is 3. The highest BCUT2D eigenvalue weighted by Crippen LogP contribution is 2.33. The van der Waals surface area contributed by atoms with E-state index in [0.717, 1.165) is 16.9 Å². The Morgan fingerprint density at radius 3 is 2.73 bits per heavy atom. The molecule has 0 spiro atoms. The molecule has 0 N–H and O–H groups in total. The molecule has 0 saturated heterocycles. The fourth-order valence-corrected chi connectivity index (χ4v) is 3.84. The van der Waals surface area contributed by atoms with Crippen LogP contribution in [0.2, 0.25) is 0 Å². The average Bonchev–Trinajstić information content (AvgIpc) is 3.28. The van der Waals surface area contributed by atoms with Crippen LogP contribution in [0.25, 0.3) is 5.65 Å². The van der Waals surface area contributed by atoms with Crippen LogP contribution >= 0.6 is 0 Å². The van der Waals surface area contributed by atoms with E-state index in [2.05, 4.69) is 4.98 Å². The van der Waals surface area contributed by atoms with Crippen molar-refractivity contribution in [2.24, 2.45) is 0 Å². The predicted molar refractivity (Wildman–Crippen MR) is 110 cm³/mol. The number of ether oxygens (including phenoxy) is 1. The van der Waals surface area contributed by atoms with Crippen LogP contribution in [0.4, 0.5) is 0 Å². The van der Waals surface area contributed by atoms with Gasteiger partial charge in [-0.1, -0.05) is 12.1 Å². The van der Waals surface area contributed by atoms with Crippen molar-refractivity contribution in [2.75, 3.05) is 0 Å². The maximum absolute atomic E-state index is 12.9. The van der Waals surface area contributed by atoms with Gasteiger partial charge in [-0.3, -0.25) is 9.59 Å². The molecule has 7 nitrogen and oxygen atoms in total. The Morgan fingerprint density at radius 2 is 2.00 bits per heavy atom. The van der Waals surface area contributed by atoms with Crippen LogP contribution in [0.5, 0.6) is 5.75 Å². The fraction of sp³-hybridized carbons (Fsp3) is 0.304. The quantitative estimate of drug-likeness (QED) is 0.575. The smallest absolute Gasteiger partial charge is 0.255 e. The molecule has 3 heterocycles. The zero-order valence-electron chi connectivity index (χ0n) is 17.0. The summed E-state index contributed by atoms with van der Waals surface area (Å²) >= 11 is 0. The molecule has 0 radical (unpaired) electrons. The van der Waals surface area contributed by atoms with Crippen LogP contribution in [0, 0.1) is 0 Å². The molecule has 1 aromatic carbocycles. The number of carbonyl (C=O) groups is 3. The zero-order valence-corrected chi connectivity index (χ0v) is 17.0. The number of pyridine rings is 1. The highest BCUT2D eigenvalue weighted by Gasteiger charge is 2.36. The molecular weight excluding hydrogens is 382 g/mol. The molecular formula is C23H23N3O4. The summed E-state index contributed by atoms with van der Waals surface area (Å²) in [5.41, 5.74) is 2.92. The van der Waals surface area contributed by atoms with E-state index >= 15 is 0 Å². The Balaban J connectivity index is 1.53. The number of imidazole rings is 1. The number of ketones is 2. The Bertz CT molecular complexity index is 1100. The third-order valence-electron chi connectivity index (χ3n) is 5.36. The van der Waals surface area contributed by atoms with Gasteiger partial charge in [-0.05, 0) is 44.5 Å². The third kappa shape index (κ3) is 3.83. The van der Waals surface area contributed by atoms with Crippen molar-refractivity contribution in [3.05, 3.63) is 65.6 Å². The van der Waals surface area contributed by atoms with Gasteiger partial charge in [0.05, 0.1) is 18.3 Å². The number of Topliss-reactive ketones (excluding diaryl/α,β-unsaturated/α-hetero) is 2. The molecule has 0 bridgehead atoms. The standard InChI is InChI=1S/C23H23N3O4/c1-15(27)9-10-20(16(2)28)26-13-19-18(23(26)29)6-5-7-21(19)30-14-17-12-25-11-4-3-8-22(25)24-17/h3-8,11-12,20H,9-10,13-14H2,1-2H3. The van der Waals surface area contributed by atoms with Gasteiger partial charge in [0.1, 0.15) is 23.8 Å². The van der Waals surface area contributed by atoms with Crippen LogP contribution in [0.15, 0.2) is 48.8 Å². The monoisotopic (exact) mass is 405 g/mol. The van der Waals surface area contributed by atoms with Crippen molar-refractivity contribution >= 4 is 23.1 Å². The molecule has 1 aliphatic heterocycles. The second-order valence-electron chi connectivity index (χ2n) is 7.57. The van der Waals surface area contributed by atoms with E-state index in [1.165, 1.54) is 13.8 Å². The largest absolute Gasteiger partial charge is 0.487 e. The number of hydrogen-bond acceptors (Lipinski definition) is 5. The van der Waals surface area contributed by atoms with Gasteiger partial charge in [0.2, 0.25) is 0 Å². The number of benzene rings is 1. The molecule has 0 saturated carbocycles. The van der Waals surface area contributed by atoms with Gasteiger partial charge >= 0.3 is 0 Å². The predicted octanol–water partition coefficient (Wildman–Crippen LogP) is 3.20. The average molecular weight is 405 g/mol. The van der Waals surface area contributed by atoms with Crippen LogP contribution < -0.4 is 4.74 Å². The summed E-state index contributed by atoms with van der Waals surface area (Å²) < 4.78 is 7.93. The van der Waals surface area contributed by atoms with E-state index in [9.17, 15) is 14.4 Å². The number of aromatic nitrogens is 2. The van der Waals surface area contributed by atoms with Crippen molar-refractivity contribution in [2.45, 2.75) is 45.9 Å². The van der Waals surface area contributed by atoms with Crippen molar-refractivity contribution < 1.29 is 19.1 Å². The van der Waals surface area contributed by atoms with E-state index in [4.69, 9.17) is 4.74 Å². The fourth-order valence-electron chi connectivity index (χ4n) is 3.84. The number of nitrogens with zero attached hydrogens (tertiary/aromatic N) is 3. The second kappa shape index (κ2) is 8.10. The Hall–Kier alpha value is -3.48. The topological polar surface area (TPSA) is 81.0 Å². The van der Waals surface area contributed by atoms with Gasteiger partial charge in [-0.15, -0.1) is 0 Å². The lowest BCUT2D eigenvalue weighted by atomic mass is 10.0. The molecule has 154 valence electrons. The van der Waals surface area contributed by atoms with E-state index in [1.807, 2.05) is 41.1 Å². The van der Waals surface area contributed by atoms with Crippen LogP contribution in [-0.2, 0) is 22.7 Å². The van der Waals surface area contributed by atoms with Gasteiger partial charge in [0, 0.05) is 29.9 Å². The third-order valence-corrected chi connectivity index (χ3v) is 5.36. The van der Waals surface area contributed by atoms with Gasteiger partial charge in [0.15, 0.2) is 5.78 Å². The lowest BCUT2D eigenvalue weighted by Crippen LogP contribution is -2.40. The van der Waals surface area contributed by atoms with Gasteiger partial charge in [-0.2, -0.15) is 0 Å². The molecule has 1 aliphatic rings. The Kier molecular flexibility index (Phi) is 5.35. The Morgan fingerprint density at radius 1 is 1.17 bits per heavy atom. The summed E-state index contributed by atoms with van der Waals surface area (Å²) in [6, 6.07) is 10.5. The second-order valence-corrected chi connectivity index (χ2v) is 7.57. The molecule has 1 atom stereocenters. The minimum atomic E-state index is -0.611. The van der Waals surface area contributed by atoms with Crippen molar-refractivity contribution in [1.82, 2.24) is 14.3 Å². The summed E-state index contributed by atoms with van der Waals surface area (Å²) in [5.74, 6) is 0.285. The minimum absolute atomic E-state index is 0.00175. The van der Waals surface area contributed by atoms with E-state index in [0.29, 0.717) is 17.7 Å². The molecule has 2 aromatic heterocycles. The van der Waals surface area contributed by atoms with E-state index in [-0.39, 0.29) is 37.0 Å². The van der Waals surface area contributed by atoms with Crippen LogP contribution in [0.3, 0.4) is 0 Å². The van der Waals surface area contributed by atoms with E-state index in [1.54, 1.807) is 17.0 Å². The highest BCUT2D eigenvalue weighted by molar-refractivity contribution is 6.01. The summed E-state index contributed by atoms with van der Waals surface area (Å²) in [5, 5.41) is 0. The lowest BCUT2D eigenvalue weighted by molar-refractivity contribution is -0.122. The SMILES string of the molecule is CC(=O)CCC(C(C)=O)N1Cc2c(OCc3cn4ccccc4n3)cccc2C1=O. The zero-order chi connectivity index (χ0) is 21.3. The first-order valence-electron chi connectivity index (χ1n) is 9.92. The maximum atomic E-state index is 12.9. The first-order valence-corrected chi connectivity index (χ1v) is 9.92. The Labute approximate surface area is 174 Å². The number of hydrogen-bond donors (Lipinski definition) is 0. The first-order chi connectivity index (χ1) is 14.4. The highest BCUT2D eigenvalue weighted by atomic mass is 16.5. The number of fused-ring (bicyclic) bond motifs is 2. The van der Waals surface area contributed by atoms with E-state index < -0.39 is 6.04 Å². The van der Waals surface area contributed by atoms with Crippen LogP contribution in [0.1, 0.15) is 48.3 Å². The van der Waals surface area contributed by atoms with Crippen LogP contribution in [-0.4, -0.2) is 37.8 Å². The first kappa shape index (κ1) is 19.8. The summed E-state index contributed by atoms with van der Waals surface area (Å²) in [4.78, 5) is 42.6. The van der Waals surface area contributed by atoms with Crippen molar-refractivity contribution in [1.29, 1.82) is 0 Å².